The first-order valence-corrected chi connectivity index (χ1v) is 6.05. The minimum atomic E-state index is -1.04. The predicted octanol–water partition coefficient (Wildman–Crippen LogP) is 2.17. The van der Waals surface area contributed by atoms with Crippen LogP contribution in [-0.2, 0) is 0 Å². The molecule has 2 rings (SSSR count). The summed E-state index contributed by atoms with van der Waals surface area (Å²) in [6, 6.07) is 0. The van der Waals surface area contributed by atoms with Crippen LogP contribution in [0, 0.1) is 5.92 Å². The van der Waals surface area contributed by atoms with Crippen LogP contribution in [0.2, 0.25) is 0 Å². The summed E-state index contributed by atoms with van der Waals surface area (Å²) in [5.41, 5.74) is -0.0151. The number of carboxylic acids is 1. The molecule has 0 aliphatic heterocycles. The zero-order valence-electron chi connectivity index (χ0n) is 9.72. The predicted molar refractivity (Wildman–Crippen MR) is 64.1 cm³/mol. The monoisotopic (exact) mass is 235 g/mol. The highest BCUT2D eigenvalue weighted by atomic mass is 16.4. The van der Waals surface area contributed by atoms with E-state index >= 15 is 0 Å². The molecule has 0 aromatic carbocycles. The van der Waals surface area contributed by atoms with Crippen molar-refractivity contribution in [1.29, 1.82) is 0 Å². The van der Waals surface area contributed by atoms with Gasteiger partial charge in [0.25, 0.3) is 0 Å². The quantitative estimate of drug-likeness (QED) is 0.836. The molecule has 1 heterocycles. The van der Waals surface area contributed by atoms with Crippen LogP contribution in [-0.4, -0.2) is 27.6 Å². The molecule has 0 bridgehead atoms. The SMILES string of the molecule is O=C(O)c1cncc(NCC2CCCCC2)n1. The van der Waals surface area contributed by atoms with Crippen molar-refractivity contribution < 1.29 is 9.90 Å². The van der Waals surface area contributed by atoms with Crippen molar-refractivity contribution in [3.05, 3.63) is 18.1 Å². The lowest BCUT2D eigenvalue weighted by atomic mass is 9.89. The van der Waals surface area contributed by atoms with E-state index in [0.717, 1.165) is 6.54 Å². The van der Waals surface area contributed by atoms with Crippen LogP contribution in [0.1, 0.15) is 42.6 Å². The lowest BCUT2D eigenvalue weighted by molar-refractivity contribution is 0.0690. The van der Waals surface area contributed by atoms with E-state index in [2.05, 4.69) is 15.3 Å². The minimum Gasteiger partial charge on any atom is -0.476 e. The van der Waals surface area contributed by atoms with Gasteiger partial charge >= 0.3 is 5.97 Å². The van der Waals surface area contributed by atoms with Gasteiger partial charge in [0.05, 0.1) is 12.4 Å². The van der Waals surface area contributed by atoms with Gasteiger partial charge in [-0.1, -0.05) is 19.3 Å². The Hall–Kier alpha value is -1.65. The zero-order valence-corrected chi connectivity index (χ0v) is 9.72. The van der Waals surface area contributed by atoms with Gasteiger partial charge in [-0.05, 0) is 18.8 Å². The van der Waals surface area contributed by atoms with Crippen LogP contribution in [0.3, 0.4) is 0 Å². The van der Waals surface area contributed by atoms with Crippen molar-refractivity contribution in [2.75, 3.05) is 11.9 Å². The molecule has 5 heteroatoms. The van der Waals surface area contributed by atoms with E-state index in [9.17, 15) is 4.79 Å². The van der Waals surface area contributed by atoms with Gasteiger partial charge in [0, 0.05) is 6.54 Å². The van der Waals surface area contributed by atoms with Gasteiger partial charge < -0.3 is 10.4 Å². The molecule has 0 unspecified atom stereocenters. The largest absolute Gasteiger partial charge is 0.476 e. The molecular weight excluding hydrogens is 218 g/mol. The maximum absolute atomic E-state index is 10.7. The summed E-state index contributed by atoms with van der Waals surface area (Å²) >= 11 is 0. The summed E-state index contributed by atoms with van der Waals surface area (Å²) < 4.78 is 0. The molecule has 1 aromatic heterocycles. The lowest BCUT2D eigenvalue weighted by Gasteiger charge is -2.21. The number of rotatable bonds is 4. The van der Waals surface area contributed by atoms with E-state index in [1.807, 2.05) is 0 Å². The molecule has 2 N–H and O–H groups in total. The highest BCUT2D eigenvalue weighted by Gasteiger charge is 2.13. The van der Waals surface area contributed by atoms with Crippen molar-refractivity contribution in [1.82, 2.24) is 9.97 Å². The lowest BCUT2D eigenvalue weighted by Crippen LogP contribution is -2.18. The third-order valence-corrected chi connectivity index (χ3v) is 3.15. The van der Waals surface area contributed by atoms with Crippen LogP contribution in [0.25, 0.3) is 0 Å². The molecule has 0 atom stereocenters. The molecule has 1 aliphatic rings. The number of nitrogens with zero attached hydrogens (tertiary/aromatic N) is 2. The molecular formula is C12H17N3O2. The number of carboxylic acid groups (broad SMARTS) is 1. The molecule has 1 aliphatic carbocycles. The van der Waals surface area contributed by atoms with E-state index in [1.165, 1.54) is 38.3 Å². The second-order valence-electron chi connectivity index (χ2n) is 4.48. The van der Waals surface area contributed by atoms with E-state index in [4.69, 9.17) is 5.11 Å². The van der Waals surface area contributed by atoms with Gasteiger partial charge in [-0.2, -0.15) is 0 Å². The number of anilines is 1. The van der Waals surface area contributed by atoms with E-state index in [-0.39, 0.29) is 5.69 Å². The molecule has 92 valence electrons. The number of aromatic carboxylic acids is 1. The Labute approximate surface area is 100 Å². The Morgan fingerprint density at radius 1 is 1.35 bits per heavy atom. The molecule has 1 saturated carbocycles. The average Bonchev–Trinajstić information content (AvgIpc) is 2.38. The first-order chi connectivity index (χ1) is 8.25. The number of nitrogens with one attached hydrogen (secondary N) is 1. The van der Waals surface area contributed by atoms with Gasteiger partial charge in [0.2, 0.25) is 0 Å². The molecule has 0 spiro atoms. The number of carbonyl (C=O) groups is 1. The fraction of sp³-hybridized carbons (Fsp3) is 0.583. The third kappa shape index (κ3) is 3.41. The van der Waals surface area contributed by atoms with Crippen molar-refractivity contribution in [2.24, 2.45) is 5.92 Å². The topological polar surface area (TPSA) is 75.1 Å². The van der Waals surface area contributed by atoms with E-state index in [0.29, 0.717) is 11.7 Å². The molecule has 5 nitrogen and oxygen atoms in total. The third-order valence-electron chi connectivity index (χ3n) is 3.15. The van der Waals surface area contributed by atoms with E-state index < -0.39 is 5.97 Å². The maximum atomic E-state index is 10.7. The van der Waals surface area contributed by atoms with Crippen LogP contribution < -0.4 is 5.32 Å². The summed E-state index contributed by atoms with van der Waals surface area (Å²) in [5.74, 6) is 0.188. The van der Waals surface area contributed by atoms with Crippen LogP contribution in [0.15, 0.2) is 12.4 Å². The summed E-state index contributed by atoms with van der Waals surface area (Å²) in [4.78, 5) is 18.6. The van der Waals surface area contributed by atoms with E-state index in [1.54, 1.807) is 6.20 Å². The molecule has 0 saturated heterocycles. The normalized spacial score (nSPS) is 16.7. The number of hydrogen-bond acceptors (Lipinski definition) is 4. The molecule has 0 radical (unpaired) electrons. The van der Waals surface area contributed by atoms with Crippen molar-refractivity contribution in [2.45, 2.75) is 32.1 Å². The zero-order chi connectivity index (χ0) is 12.1. The van der Waals surface area contributed by atoms with Gasteiger partial charge in [-0.3, -0.25) is 4.98 Å². The first-order valence-electron chi connectivity index (χ1n) is 6.05. The summed E-state index contributed by atoms with van der Waals surface area (Å²) in [6.07, 6.45) is 9.26. The standard InChI is InChI=1S/C12H17N3O2/c16-12(17)10-7-13-8-11(15-10)14-6-9-4-2-1-3-5-9/h7-9H,1-6H2,(H,14,15)(H,16,17). The van der Waals surface area contributed by atoms with Gasteiger partial charge in [0.1, 0.15) is 5.82 Å². The Morgan fingerprint density at radius 3 is 2.82 bits per heavy atom. The Balaban J connectivity index is 1.89. The Bertz CT molecular complexity index is 389. The van der Waals surface area contributed by atoms with Crippen molar-refractivity contribution in [3.8, 4) is 0 Å². The van der Waals surface area contributed by atoms with Crippen LogP contribution in [0.4, 0.5) is 5.82 Å². The highest BCUT2D eigenvalue weighted by molar-refractivity contribution is 5.85. The second kappa shape index (κ2) is 5.61. The Morgan fingerprint density at radius 2 is 2.12 bits per heavy atom. The van der Waals surface area contributed by atoms with Gasteiger partial charge in [-0.15, -0.1) is 0 Å². The Kier molecular flexibility index (Phi) is 3.90. The molecule has 1 fully saturated rings. The summed E-state index contributed by atoms with van der Waals surface area (Å²) in [6.45, 7) is 0.859. The maximum Gasteiger partial charge on any atom is 0.356 e. The van der Waals surface area contributed by atoms with Crippen LogP contribution >= 0.6 is 0 Å². The number of hydrogen-bond donors (Lipinski definition) is 2. The first kappa shape index (κ1) is 11.8. The summed E-state index contributed by atoms with van der Waals surface area (Å²) in [7, 11) is 0. The van der Waals surface area contributed by atoms with Crippen LogP contribution in [0.5, 0.6) is 0 Å². The highest BCUT2D eigenvalue weighted by Crippen LogP contribution is 2.23. The second-order valence-corrected chi connectivity index (χ2v) is 4.48. The fourth-order valence-electron chi connectivity index (χ4n) is 2.19. The number of aromatic nitrogens is 2. The van der Waals surface area contributed by atoms with Crippen molar-refractivity contribution in [3.63, 3.8) is 0 Å². The molecule has 17 heavy (non-hydrogen) atoms. The van der Waals surface area contributed by atoms with Gasteiger partial charge in [-0.25, -0.2) is 9.78 Å². The fourth-order valence-corrected chi connectivity index (χ4v) is 2.19. The van der Waals surface area contributed by atoms with Crippen molar-refractivity contribution >= 4 is 11.8 Å². The van der Waals surface area contributed by atoms with Gasteiger partial charge in [0.15, 0.2) is 5.69 Å². The summed E-state index contributed by atoms with van der Waals surface area (Å²) in [5, 5.41) is 12.0. The molecule has 0 amide bonds. The molecule has 1 aromatic rings. The smallest absolute Gasteiger partial charge is 0.356 e. The minimum absolute atomic E-state index is 0.0151. The average molecular weight is 235 g/mol.